The summed E-state index contributed by atoms with van der Waals surface area (Å²) >= 11 is 0. The number of aliphatic carboxylic acids is 2. The van der Waals surface area contributed by atoms with E-state index in [-0.39, 0.29) is 12.8 Å². The van der Waals surface area contributed by atoms with E-state index in [4.69, 9.17) is 18.9 Å². The highest BCUT2D eigenvalue weighted by molar-refractivity contribution is 5.64. The van der Waals surface area contributed by atoms with Gasteiger partial charge < -0.3 is 49.4 Å². The number of rotatable bonds is 18. The minimum atomic E-state index is -1.08. The molecule has 0 saturated carbocycles. The van der Waals surface area contributed by atoms with Gasteiger partial charge in [0.2, 0.25) is 0 Å². The highest BCUT2D eigenvalue weighted by Gasteiger charge is 1.90. The third-order valence-electron chi connectivity index (χ3n) is 3.37. The van der Waals surface area contributed by atoms with Crippen molar-refractivity contribution in [3.63, 3.8) is 0 Å². The van der Waals surface area contributed by atoms with E-state index in [2.05, 4.69) is 10.6 Å². The highest BCUT2D eigenvalue weighted by Crippen LogP contribution is 2.01. The Morgan fingerprint density at radius 2 is 0.862 bits per heavy atom. The molecule has 0 bridgehead atoms. The van der Waals surface area contributed by atoms with Crippen LogP contribution in [0.25, 0.3) is 0 Å². The molecule has 0 radical (unpaired) electrons. The van der Waals surface area contributed by atoms with Crippen molar-refractivity contribution in [3.05, 3.63) is 0 Å². The average molecular weight is 427 g/mol. The smallest absolute Gasteiger partial charge is 0.0993 e. The third kappa shape index (κ3) is 46.6. The number of quaternary nitrogens is 2. The molecule has 0 aliphatic carbocycles. The minimum absolute atomic E-state index is 0.00699. The number of ether oxygens (including phenoxy) is 4. The minimum Gasteiger partial charge on any atom is -0.550 e. The molecule has 0 amide bonds. The lowest BCUT2D eigenvalue weighted by Crippen LogP contribution is -2.86. The molecular formula is C19H42N2O8. The second-order valence-corrected chi connectivity index (χ2v) is 6.01. The quantitative estimate of drug-likeness (QED) is 0.211. The third-order valence-corrected chi connectivity index (χ3v) is 3.37. The molecule has 0 aromatic heterocycles. The fraction of sp³-hybridized carbons (Fsp3) is 0.895. The maximum atomic E-state index is 9.86. The molecule has 176 valence electrons. The zero-order chi connectivity index (χ0) is 22.6. The number of carboxylic acids is 2. The van der Waals surface area contributed by atoms with E-state index in [1.807, 2.05) is 0 Å². The highest BCUT2D eigenvalue weighted by atomic mass is 16.5. The van der Waals surface area contributed by atoms with Crippen molar-refractivity contribution in [3.8, 4) is 0 Å². The number of unbranched alkanes of at least 4 members (excludes halogenated alkanes) is 2. The monoisotopic (exact) mass is 426 g/mol. The van der Waals surface area contributed by atoms with Crippen molar-refractivity contribution in [1.29, 1.82) is 0 Å². The number of nitrogens with two attached hydrogens (primary N) is 2. The van der Waals surface area contributed by atoms with Crippen LogP contribution in [0.3, 0.4) is 0 Å². The molecule has 10 heteroatoms. The first kappa shape index (κ1) is 32.4. The molecule has 0 aliphatic rings. The van der Waals surface area contributed by atoms with E-state index in [1.54, 1.807) is 28.4 Å². The van der Waals surface area contributed by atoms with Gasteiger partial charge in [-0.2, -0.15) is 0 Å². The molecule has 4 N–H and O–H groups in total. The lowest BCUT2D eigenvalue weighted by atomic mass is 10.1. The maximum Gasteiger partial charge on any atom is 0.0993 e. The van der Waals surface area contributed by atoms with Crippen molar-refractivity contribution >= 4 is 11.9 Å². The molecule has 10 nitrogen and oxygen atoms in total. The Morgan fingerprint density at radius 1 is 0.586 bits per heavy atom. The summed E-state index contributed by atoms with van der Waals surface area (Å²) in [6.07, 6.45) is 1.58. The van der Waals surface area contributed by atoms with Crippen LogP contribution in [-0.2, 0) is 28.5 Å². The summed E-state index contributed by atoms with van der Waals surface area (Å²) in [5, 5.41) is 24.1. The Morgan fingerprint density at radius 3 is 1.07 bits per heavy atom. The standard InChI is InChI=1S/C7H12O4.2C6H15NO2/c8-6(9)4-2-1-3-5-7(10)11;2*1-8-5-3-7-4-6-9-2/h1-5H2,(H,8,9)(H,10,11);2*7H,3-6H2,1-2H3. The first-order chi connectivity index (χ1) is 14.0. The molecule has 0 unspecified atom stereocenters. The summed E-state index contributed by atoms with van der Waals surface area (Å²) in [5.41, 5.74) is 0. The van der Waals surface area contributed by atoms with Gasteiger partial charge in [-0.25, -0.2) is 0 Å². The first-order valence-corrected chi connectivity index (χ1v) is 9.94. The van der Waals surface area contributed by atoms with Gasteiger partial charge in [0.1, 0.15) is 0 Å². The van der Waals surface area contributed by atoms with E-state index in [1.165, 1.54) is 0 Å². The van der Waals surface area contributed by atoms with E-state index in [9.17, 15) is 19.8 Å². The van der Waals surface area contributed by atoms with Crippen molar-refractivity contribution < 1.29 is 49.4 Å². The molecule has 0 aliphatic heterocycles. The topological polar surface area (TPSA) is 150 Å². The van der Waals surface area contributed by atoms with Crippen LogP contribution in [0.4, 0.5) is 0 Å². The number of carbonyl (C=O) groups is 2. The van der Waals surface area contributed by atoms with E-state index in [0.717, 1.165) is 52.6 Å². The Labute approximate surface area is 175 Å². The number of methoxy groups -OCH3 is 4. The molecule has 0 rings (SSSR count). The van der Waals surface area contributed by atoms with Crippen LogP contribution < -0.4 is 20.8 Å². The van der Waals surface area contributed by atoms with Gasteiger partial charge in [-0.15, -0.1) is 0 Å². The molecule has 0 heterocycles. The number of hydrogen-bond donors (Lipinski definition) is 2. The van der Waals surface area contributed by atoms with Crippen LogP contribution in [0.5, 0.6) is 0 Å². The molecule has 29 heavy (non-hydrogen) atoms. The van der Waals surface area contributed by atoms with E-state index in [0.29, 0.717) is 19.3 Å². The Hall–Kier alpha value is -1.30. The van der Waals surface area contributed by atoms with Crippen molar-refractivity contribution in [2.75, 3.05) is 81.0 Å². The number of carbonyl (C=O) groups excluding carboxylic acids is 2. The zero-order valence-electron chi connectivity index (χ0n) is 18.6. The fourth-order valence-corrected chi connectivity index (χ4v) is 1.81. The Bertz CT molecular complexity index is 291. The number of hydrogen-bond acceptors (Lipinski definition) is 8. The lowest BCUT2D eigenvalue weighted by Gasteiger charge is -2.02. The summed E-state index contributed by atoms with van der Waals surface area (Å²) in [6, 6.07) is 0. The number of carboxylic acid groups (broad SMARTS) is 2. The van der Waals surface area contributed by atoms with Gasteiger partial charge in [0.25, 0.3) is 0 Å². The first-order valence-electron chi connectivity index (χ1n) is 9.94. The molecule has 0 atom stereocenters. The van der Waals surface area contributed by atoms with Gasteiger partial charge in [0.05, 0.1) is 52.6 Å². The summed E-state index contributed by atoms with van der Waals surface area (Å²) in [6.45, 7) is 7.40. The molecule has 0 spiro atoms. The summed E-state index contributed by atoms with van der Waals surface area (Å²) in [7, 11) is 6.85. The fourth-order valence-electron chi connectivity index (χ4n) is 1.81. The van der Waals surface area contributed by atoms with E-state index < -0.39 is 11.9 Å². The summed E-state index contributed by atoms with van der Waals surface area (Å²) in [5.74, 6) is -2.17. The van der Waals surface area contributed by atoms with E-state index >= 15 is 0 Å². The van der Waals surface area contributed by atoms with Crippen LogP contribution >= 0.6 is 0 Å². The van der Waals surface area contributed by atoms with Crippen LogP contribution in [0.2, 0.25) is 0 Å². The van der Waals surface area contributed by atoms with Crippen molar-refractivity contribution in [2.24, 2.45) is 0 Å². The van der Waals surface area contributed by atoms with Gasteiger partial charge >= 0.3 is 0 Å². The van der Waals surface area contributed by atoms with Crippen molar-refractivity contribution in [2.45, 2.75) is 32.1 Å². The second-order valence-electron chi connectivity index (χ2n) is 6.01. The molecule has 0 aromatic rings. The van der Waals surface area contributed by atoms with Crippen molar-refractivity contribution in [1.82, 2.24) is 0 Å². The Balaban J connectivity index is -0.000000352. The van der Waals surface area contributed by atoms with Gasteiger partial charge in [0.15, 0.2) is 0 Å². The van der Waals surface area contributed by atoms with Gasteiger partial charge in [-0.3, -0.25) is 0 Å². The van der Waals surface area contributed by atoms with Crippen LogP contribution in [0.15, 0.2) is 0 Å². The van der Waals surface area contributed by atoms with Crippen LogP contribution in [0, 0.1) is 0 Å². The van der Waals surface area contributed by atoms with Crippen LogP contribution in [-0.4, -0.2) is 93.0 Å². The maximum absolute atomic E-state index is 9.86. The normalized spacial score (nSPS) is 9.79. The van der Waals surface area contributed by atoms with Crippen LogP contribution in [0.1, 0.15) is 32.1 Å². The van der Waals surface area contributed by atoms with Gasteiger partial charge in [-0.1, -0.05) is 6.42 Å². The summed E-state index contributed by atoms with van der Waals surface area (Å²) in [4.78, 5) is 19.7. The lowest BCUT2D eigenvalue weighted by molar-refractivity contribution is -0.657. The summed E-state index contributed by atoms with van der Waals surface area (Å²) < 4.78 is 19.4. The van der Waals surface area contributed by atoms with Gasteiger partial charge in [0, 0.05) is 40.4 Å². The second kappa shape index (κ2) is 31.4. The Kier molecular flexibility index (Phi) is 35.0. The molecular weight excluding hydrogens is 384 g/mol. The zero-order valence-corrected chi connectivity index (χ0v) is 18.6. The SMILES string of the molecule is COCC[NH2+]CCOC.COCC[NH2+]CCOC.O=C([O-])CCCCCC(=O)[O-]. The molecule has 0 fully saturated rings. The molecule has 0 aromatic carbocycles. The molecule has 0 saturated heterocycles. The average Bonchev–Trinajstić information content (AvgIpc) is 2.68. The predicted octanol–water partition coefficient (Wildman–Crippen LogP) is -3.88. The largest absolute Gasteiger partial charge is 0.550 e. The predicted molar refractivity (Wildman–Crippen MR) is 104 cm³/mol. The van der Waals surface area contributed by atoms with Gasteiger partial charge in [-0.05, 0) is 25.7 Å².